The molecule has 1 saturated heterocycles. The normalized spacial score (nSPS) is 13.6. The number of ether oxygens (including phenoxy) is 2. The molecule has 144 valence electrons. The van der Waals surface area contributed by atoms with Crippen molar-refractivity contribution < 1.29 is 23.5 Å². The molecule has 2 aromatic rings. The summed E-state index contributed by atoms with van der Waals surface area (Å²) in [7, 11) is 0. The zero-order valence-electron chi connectivity index (χ0n) is 15.0. The molecule has 1 fully saturated rings. The van der Waals surface area contributed by atoms with Gasteiger partial charge in [0.15, 0.2) is 16.6 Å². The highest BCUT2D eigenvalue weighted by atomic mass is 32.1. The number of carbonyl (C=O) groups excluding carboxylic acids is 2. The smallest absolute Gasteiger partial charge is 0.263 e. The number of carbonyl (C=O) groups is 2. The van der Waals surface area contributed by atoms with Crippen LogP contribution in [0, 0.1) is 5.82 Å². The summed E-state index contributed by atoms with van der Waals surface area (Å²) < 4.78 is 24.4. The molecule has 0 spiro atoms. The van der Waals surface area contributed by atoms with E-state index in [1.165, 1.54) is 18.2 Å². The van der Waals surface area contributed by atoms with Crippen LogP contribution >= 0.6 is 12.2 Å². The molecular weight excluding hydrogens is 383 g/mol. The monoisotopic (exact) mass is 400 g/mol. The fourth-order valence-corrected chi connectivity index (χ4v) is 2.70. The summed E-state index contributed by atoms with van der Waals surface area (Å²) in [6, 6.07) is 11.1. The van der Waals surface area contributed by atoms with Gasteiger partial charge in [0.25, 0.3) is 11.8 Å². The van der Waals surface area contributed by atoms with E-state index in [4.69, 9.17) is 21.7 Å². The third kappa shape index (κ3) is 4.72. The van der Waals surface area contributed by atoms with Crippen molar-refractivity contribution in [1.29, 1.82) is 0 Å². The molecule has 2 aromatic carbocycles. The Hall–Kier alpha value is -3.26. The van der Waals surface area contributed by atoms with Crippen LogP contribution in [0.2, 0.25) is 0 Å². The van der Waals surface area contributed by atoms with Crippen LogP contribution in [-0.2, 0) is 16.2 Å². The third-order valence-corrected chi connectivity index (χ3v) is 4.03. The number of benzene rings is 2. The molecule has 0 unspecified atom stereocenters. The SMILES string of the molecule is CCOc1cc(C=C2C(=O)NC(=S)NC2=O)ccc1OCc1ccc(F)cc1. The lowest BCUT2D eigenvalue weighted by molar-refractivity contribution is -0.123. The molecule has 3 rings (SSSR count). The summed E-state index contributed by atoms with van der Waals surface area (Å²) in [5.41, 5.74) is 1.34. The molecule has 2 N–H and O–H groups in total. The Labute approximate surface area is 166 Å². The summed E-state index contributed by atoms with van der Waals surface area (Å²) in [6.45, 7) is 2.48. The molecule has 2 amide bonds. The van der Waals surface area contributed by atoms with Gasteiger partial charge in [0.05, 0.1) is 6.61 Å². The third-order valence-electron chi connectivity index (χ3n) is 3.83. The summed E-state index contributed by atoms with van der Waals surface area (Å²) in [6.07, 6.45) is 1.44. The topological polar surface area (TPSA) is 76.7 Å². The summed E-state index contributed by atoms with van der Waals surface area (Å²) in [4.78, 5) is 23.9. The van der Waals surface area contributed by atoms with Gasteiger partial charge in [-0.3, -0.25) is 20.2 Å². The van der Waals surface area contributed by atoms with Crippen LogP contribution in [0.1, 0.15) is 18.1 Å². The summed E-state index contributed by atoms with van der Waals surface area (Å²) >= 11 is 4.78. The van der Waals surface area contributed by atoms with Gasteiger partial charge >= 0.3 is 0 Å². The number of rotatable bonds is 6. The minimum atomic E-state index is -0.566. The van der Waals surface area contributed by atoms with E-state index < -0.39 is 11.8 Å². The number of nitrogens with one attached hydrogen (secondary N) is 2. The van der Waals surface area contributed by atoms with Crippen molar-refractivity contribution in [3.8, 4) is 11.5 Å². The Kier molecular flexibility index (Phi) is 6.00. The number of hydrogen-bond donors (Lipinski definition) is 2. The van der Waals surface area contributed by atoms with Gasteiger partial charge in [-0.05, 0) is 60.6 Å². The number of amides is 2. The first-order chi connectivity index (χ1) is 13.5. The molecule has 1 aliphatic heterocycles. The molecule has 0 aromatic heterocycles. The Morgan fingerprint density at radius 1 is 1.00 bits per heavy atom. The van der Waals surface area contributed by atoms with E-state index in [2.05, 4.69) is 10.6 Å². The minimum Gasteiger partial charge on any atom is -0.490 e. The van der Waals surface area contributed by atoms with Crippen molar-refractivity contribution in [1.82, 2.24) is 10.6 Å². The van der Waals surface area contributed by atoms with Gasteiger partial charge < -0.3 is 9.47 Å². The van der Waals surface area contributed by atoms with E-state index in [0.717, 1.165) is 5.56 Å². The first-order valence-electron chi connectivity index (χ1n) is 8.48. The molecule has 0 radical (unpaired) electrons. The molecule has 0 atom stereocenters. The van der Waals surface area contributed by atoms with Gasteiger partial charge in [0, 0.05) is 0 Å². The molecule has 1 aliphatic rings. The predicted octanol–water partition coefficient (Wildman–Crippen LogP) is 2.72. The van der Waals surface area contributed by atoms with E-state index in [1.807, 2.05) is 6.92 Å². The standard InChI is InChI=1S/C20H17FN2O4S/c1-2-26-17-10-13(9-15-18(24)22-20(28)23-19(15)25)5-8-16(17)27-11-12-3-6-14(21)7-4-12/h3-10H,2,11H2,1H3,(H2,22,23,24,25,28). The van der Waals surface area contributed by atoms with Gasteiger partial charge in [-0.15, -0.1) is 0 Å². The lowest BCUT2D eigenvalue weighted by Crippen LogP contribution is -2.51. The molecule has 6 nitrogen and oxygen atoms in total. The van der Waals surface area contributed by atoms with Crippen LogP contribution in [0.25, 0.3) is 6.08 Å². The second kappa shape index (κ2) is 8.62. The van der Waals surface area contributed by atoms with E-state index in [1.54, 1.807) is 30.3 Å². The Balaban J connectivity index is 1.81. The van der Waals surface area contributed by atoms with E-state index in [0.29, 0.717) is 23.7 Å². The van der Waals surface area contributed by atoms with Crippen molar-refractivity contribution in [2.75, 3.05) is 6.61 Å². The number of thiocarbonyl (C=S) groups is 1. The zero-order chi connectivity index (χ0) is 20.1. The molecule has 0 aliphatic carbocycles. The lowest BCUT2D eigenvalue weighted by atomic mass is 10.1. The van der Waals surface area contributed by atoms with Crippen molar-refractivity contribution in [2.24, 2.45) is 0 Å². The molecule has 28 heavy (non-hydrogen) atoms. The van der Waals surface area contributed by atoms with Crippen molar-refractivity contribution in [3.05, 3.63) is 65.0 Å². The van der Waals surface area contributed by atoms with Crippen LogP contribution in [0.5, 0.6) is 11.5 Å². The first-order valence-corrected chi connectivity index (χ1v) is 8.89. The van der Waals surface area contributed by atoms with Gasteiger partial charge in [0.2, 0.25) is 0 Å². The Bertz CT molecular complexity index is 935. The predicted molar refractivity (Wildman–Crippen MR) is 105 cm³/mol. The second-order valence-electron chi connectivity index (χ2n) is 5.85. The highest BCUT2D eigenvalue weighted by molar-refractivity contribution is 7.80. The largest absolute Gasteiger partial charge is 0.490 e. The van der Waals surface area contributed by atoms with E-state index in [-0.39, 0.29) is 23.1 Å². The molecule has 1 heterocycles. The van der Waals surface area contributed by atoms with E-state index in [9.17, 15) is 14.0 Å². The maximum Gasteiger partial charge on any atom is 0.263 e. The quantitative estimate of drug-likeness (QED) is 0.443. The Morgan fingerprint density at radius 2 is 1.68 bits per heavy atom. The highest BCUT2D eigenvalue weighted by Crippen LogP contribution is 2.30. The summed E-state index contributed by atoms with van der Waals surface area (Å²) in [5.74, 6) is -0.488. The maximum absolute atomic E-state index is 13.0. The molecule has 0 bridgehead atoms. The van der Waals surface area contributed by atoms with E-state index >= 15 is 0 Å². The van der Waals surface area contributed by atoms with Crippen molar-refractivity contribution >= 4 is 35.2 Å². The number of hydrogen-bond acceptors (Lipinski definition) is 5. The number of halogens is 1. The fourth-order valence-electron chi connectivity index (χ4n) is 2.52. The van der Waals surface area contributed by atoms with Crippen LogP contribution < -0.4 is 20.1 Å². The van der Waals surface area contributed by atoms with Gasteiger partial charge in [-0.2, -0.15) is 0 Å². The van der Waals surface area contributed by atoms with Crippen molar-refractivity contribution in [2.45, 2.75) is 13.5 Å². The van der Waals surface area contributed by atoms with Crippen LogP contribution in [0.3, 0.4) is 0 Å². The van der Waals surface area contributed by atoms with Gasteiger partial charge in [-0.1, -0.05) is 18.2 Å². The fraction of sp³-hybridized carbons (Fsp3) is 0.150. The van der Waals surface area contributed by atoms with Gasteiger partial charge in [0.1, 0.15) is 18.0 Å². The molecule has 8 heteroatoms. The zero-order valence-corrected chi connectivity index (χ0v) is 15.8. The minimum absolute atomic E-state index is 0.0216. The lowest BCUT2D eigenvalue weighted by Gasteiger charge is -2.17. The van der Waals surface area contributed by atoms with Crippen molar-refractivity contribution in [3.63, 3.8) is 0 Å². The second-order valence-corrected chi connectivity index (χ2v) is 6.26. The summed E-state index contributed by atoms with van der Waals surface area (Å²) in [5, 5.41) is 4.74. The average molecular weight is 400 g/mol. The highest BCUT2D eigenvalue weighted by Gasteiger charge is 2.25. The van der Waals surface area contributed by atoms with Gasteiger partial charge in [-0.25, -0.2) is 4.39 Å². The maximum atomic E-state index is 13.0. The van der Waals surface area contributed by atoms with Crippen LogP contribution in [0.4, 0.5) is 4.39 Å². The molecular formula is C20H17FN2O4S. The first kappa shape index (κ1) is 19.5. The Morgan fingerprint density at radius 3 is 2.32 bits per heavy atom. The van der Waals surface area contributed by atoms with Crippen LogP contribution in [0.15, 0.2) is 48.0 Å². The van der Waals surface area contributed by atoms with Crippen LogP contribution in [-0.4, -0.2) is 23.5 Å². The average Bonchev–Trinajstić information content (AvgIpc) is 2.65. The molecule has 0 saturated carbocycles.